The van der Waals surface area contributed by atoms with Crippen LogP contribution < -0.4 is 5.32 Å². The molecule has 17 heavy (non-hydrogen) atoms. The number of ether oxygens (including phenoxy) is 1. The van der Waals surface area contributed by atoms with Gasteiger partial charge in [-0.1, -0.05) is 20.3 Å². The van der Waals surface area contributed by atoms with Gasteiger partial charge in [-0.15, -0.1) is 0 Å². The van der Waals surface area contributed by atoms with E-state index < -0.39 is 5.60 Å². The van der Waals surface area contributed by atoms with E-state index in [0.29, 0.717) is 25.6 Å². The summed E-state index contributed by atoms with van der Waals surface area (Å²) in [6.45, 7) is 7.80. The highest BCUT2D eigenvalue weighted by Crippen LogP contribution is 2.28. The lowest BCUT2D eigenvalue weighted by Crippen LogP contribution is -2.47. The molecule has 0 aromatic heterocycles. The third-order valence-electron chi connectivity index (χ3n) is 4.05. The van der Waals surface area contributed by atoms with E-state index in [1.807, 2.05) is 6.92 Å². The molecule has 4 unspecified atom stereocenters. The molecule has 3 heteroatoms. The van der Waals surface area contributed by atoms with E-state index in [9.17, 15) is 5.11 Å². The minimum atomic E-state index is -0.656. The SMILES string of the molecule is COCCC(C)(O)CNC1CC(C)CCC1C. The first-order chi connectivity index (χ1) is 7.94. The monoisotopic (exact) mass is 243 g/mol. The van der Waals surface area contributed by atoms with Crippen molar-refractivity contribution in [1.29, 1.82) is 0 Å². The summed E-state index contributed by atoms with van der Waals surface area (Å²) in [4.78, 5) is 0. The molecule has 1 aliphatic rings. The van der Waals surface area contributed by atoms with Gasteiger partial charge in [0.25, 0.3) is 0 Å². The number of methoxy groups -OCH3 is 1. The van der Waals surface area contributed by atoms with Crippen molar-refractivity contribution in [2.24, 2.45) is 11.8 Å². The largest absolute Gasteiger partial charge is 0.389 e. The fourth-order valence-electron chi connectivity index (χ4n) is 2.58. The number of hydrogen-bond acceptors (Lipinski definition) is 3. The van der Waals surface area contributed by atoms with Gasteiger partial charge in [0.1, 0.15) is 0 Å². The van der Waals surface area contributed by atoms with Crippen LogP contribution in [0.2, 0.25) is 0 Å². The van der Waals surface area contributed by atoms with Gasteiger partial charge in [-0.25, -0.2) is 0 Å². The second-order valence-electron chi connectivity index (χ2n) is 6.12. The summed E-state index contributed by atoms with van der Waals surface area (Å²) >= 11 is 0. The summed E-state index contributed by atoms with van der Waals surface area (Å²) in [5, 5.41) is 13.7. The van der Waals surface area contributed by atoms with Gasteiger partial charge in [-0.3, -0.25) is 0 Å². The molecule has 0 aliphatic heterocycles. The molecule has 102 valence electrons. The van der Waals surface area contributed by atoms with E-state index >= 15 is 0 Å². The van der Waals surface area contributed by atoms with E-state index in [0.717, 1.165) is 11.8 Å². The first-order valence-electron chi connectivity index (χ1n) is 6.89. The van der Waals surface area contributed by atoms with Crippen molar-refractivity contribution in [3.63, 3.8) is 0 Å². The van der Waals surface area contributed by atoms with Crippen molar-refractivity contribution < 1.29 is 9.84 Å². The second-order valence-corrected chi connectivity index (χ2v) is 6.12. The van der Waals surface area contributed by atoms with Crippen molar-refractivity contribution in [2.75, 3.05) is 20.3 Å². The van der Waals surface area contributed by atoms with E-state index in [1.165, 1.54) is 19.3 Å². The standard InChI is InChI=1S/C14H29NO2/c1-11-5-6-12(2)13(9-11)15-10-14(3,16)7-8-17-4/h11-13,15-16H,5-10H2,1-4H3. The van der Waals surface area contributed by atoms with Gasteiger partial charge in [0.05, 0.1) is 5.60 Å². The molecule has 1 aliphatic carbocycles. The fraction of sp³-hybridized carbons (Fsp3) is 1.00. The molecule has 1 saturated carbocycles. The Morgan fingerprint density at radius 1 is 1.35 bits per heavy atom. The molecule has 0 amide bonds. The first kappa shape index (κ1) is 14.9. The quantitative estimate of drug-likeness (QED) is 0.751. The molecule has 0 bridgehead atoms. The molecule has 0 saturated heterocycles. The third kappa shape index (κ3) is 5.36. The predicted molar refractivity (Wildman–Crippen MR) is 71.1 cm³/mol. The van der Waals surface area contributed by atoms with E-state index in [1.54, 1.807) is 7.11 Å². The third-order valence-corrected chi connectivity index (χ3v) is 4.05. The maximum atomic E-state index is 10.2. The van der Waals surface area contributed by atoms with Crippen molar-refractivity contribution in [2.45, 2.75) is 58.1 Å². The highest BCUT2D eigenvalue weighted by atomic mass is 16.5. The summed E-state index contributed by atoms with van der Waals surface area (Å²) in [7, 11) is 1.67. The van der Waals surface area contributed by atoms with E-state index in [4.69, 9.17) is 4.74 Å². The molecule has 0 heterocycles. The lowest BCUT2D eigenvalue weighted by Gasteiger charge is -2.35. The summed E-state index contributed by atoms with van der Waals surface area (Å²) in [5.41, 5.74) is -0.656. The van der Waals surface area contributed by atoms with Gasteiger partial charge in [0, 0.05) is 32.7 Å². The van der Waals surface area contributed by atoms with Crippen LogP contribution >= 0.6 is 0 Å². The molecule has 0 aromatic rings. The average molecular weight is 243 g/mol. The molecule has 0 spiro atoms. The topological polar surface area (TPSA) is 41.5 Å². The smallest absolute Gasteiger partial charge is 0.0765 e. The molecule has 0 aromatic carbocycles. The lowest BCUT2D eigenvalue weighted by atomic mass is 9.80. The van der Waals surface area contributed by atoms with Crippen molar-refractivity contribution >= 4 is 0 Å². The highest BCUT2D eigenvalue weighted by Gasteiger charge is 2.28. The molecule has 1 rings (SSSR count). The van der Waals surface area contributed by atoms with Crippen molar-refractivity contribution in [3.05, 3.63) is 0 Å². The summed E-state index contributed by atoms with van der Waals surface area (Å²) in [6.07, 6.45) is 4.58. The van der Waals surface area contributed by atoms with Crippen LogP contribution in [0.4, 0.5) is 0 Å². The number of nitrogens with one attached hydrogen (secondary N) is 1. The molecule has 0 radical (unpaired) electrons. The van der Waals surface area contributed by atoms with Gasteiger partial charge < -0.3 is 15.2 Å². The zero-order valence-corrected chi connectivity index (χ0v) is 11.8. The maximum absolute atomic E-state index is 10.2. The van der Waals surface area contributed by atoms with Crippen LogP contribution in [0.3, 0.4) is 0 Å². The van der Waals surface area contributed by atoms with E-state index in [2.05, 4.69) is 19.2 Å². The Morgan fingerprint density at radius 2 is 2.06 bits per heavy atom. The van der Waals surface area contributed by atoms with Crippen LogP contribution in [0, 0.1) is 11.8 Å². The first-order valence-corrected chi connectivity index (χ1v) is 6.89. The van der Waals surface area contributed by atoms with Crippen LogP contribution in [-0.4, -0.2) is 37.0 Å². The van der Waals surface area contributed by atoms with Crippen LogP contribution in [-0.2, 0) is 4.74 Å². The molecule has 4 atom stereocenters. The minimum Gasteiger partial charge on any atom is -0.389 e. The van der Waals surface area contributed by atoms with E-state index in [-0.39, 0.29) is 0 Å². The highest BCUT2D eigenvalue weighted by molar-refractivity contribution is 4.84. The summed E-state index contributed by atoms with van der Waals surface area (Å²) in [5.74, 6) is 1.54. The van der Waals surface area contributed by atoms with Gasteiger partial charge in [0.15, 0.2) is 0 Å². The number of hydrogen-bond donors (Lipinski definition) is 2. The van der Waals surface area contributed by atoms with Crippen LogP contribution in [0.15, 0.2) is 0 Å². The Morgan fingerprint density at radius 3 is 2.71 bits per heavy atom. The molecule has 3 nitrogen and oxygen atoms in total. The van der Waals surface area contributed by atoms with Crippen LogP contribution in [0.25, 0.3) is 0 Å². The van der Waals surface area contributed by atoms with Gasteiger partial charge >= 0.3 is 0 Å². The zero-order valence-electron chi connectivity index (χ0n) is 11.8. The van der Waals surface area contributed by atoms with Crippen LogP contribution in [0.1, 0.15) is 46.5 Å². The maximum Gasteiger partial charge on any atom is 0.0765 e. The van der Waals surface area contributed by atoms with Crippen LogP contribution in [0.5, 0.6) is 0 Å². The Hall–Kier alpha value is -0.120. The van der Waals surface area contributed by atoms with Gasteiger partial charge in [-0.05, 0) is 31.6 Å². The lowest BCUT2D eigenvalue weighted by molar-refractivity contribution is 0.0190. The van der Waals surface area contributed by atoms with Crippen molar-refractivity contribution in [1.82, 2.24) is 5.32 Å². The Balaban J connectivity index is 2.32. The normalized spacial score (nSPS) is 33.4. The Kier molecular flexibility index (Phi) is 5.90. The Labute approximate surface area is 106 Å². The number of aliphatic hydroxyl groups is 1. The second kappa shape index (κ2) is 6.72. The van der Waals surface area contributed by atoms with Gasteiger partial charge in [-0.2, -0.15) is 0 Å². The number of rotatable bonds is 6. The molecule has 2 N–H and O–H groups in total. The fourth-order valence-corrected chi connectivity index (χ4v) is 2.58. The summed E-state index contributed by atoms with van der Waals surface area (Å²) in [6, 6.07) is 0.563. The minimum absolute atomic E-state index is 0.563. The van der Waals surface area contributed by atoms with Gasteiger partial charge in [0.2, 0.25) is 0 Å². The average Bonchev–Trinajstić information content (AvgIpc) is 2.28. The molecular formula is C14H29NO2. The molecular weight excluding hydrogens is 214 g/mol. The zero-order chi connectivity index (χ0) is 12.9. The summed E-state index contributed by atoms with van der Waals surface area (Å²) < 4.78 is 5.02. The molecule has 1 fully saturated rings. The van der Waals surface area contributed by atoms with Crippen molar-refractivity contribution in [3.8, 4) is 0 Å². The predicted octanol–water partition coefficient (Wildman–Crippen LogP) is 2.19. The Bertz CT molecular complexity index is 218.